The molecule has 3 aliphatic rings. The van der Waals surface area contributed by atoms with Gasteiger partial charge in [-0.15, -0.1) is 0 Å². The van der Waals surface area contributed by atoms with Crippen molar-refractivity contribution in [1.29, 1.82) is 0 Å². The summed E-state index contributed by atoms with van der Waals surface area (Å²) >= 11 is 0. The van der Waals surface area contributed by atoms with E-state index in [0.717, 1.165) is 49.3 Å². The van der Waals surface area contributed by atoms with Crippen LogP contribution in [0.5, 0.6) is 0 Å². The van der Waals surface area contributed by atoms with Gasteiger partial charge in [-0.1, -0.05) is 6.42 Å². The molecule has 4 atom stereocenters. The highest BCUT2D eigenvalue weighted by molar-refractivity contribution is 5.94. The molecule has 2 heterocycles. The number of nitrogens with one attached hydrogen (secondary N) is 1. The Bertz CT molecular complexity index is 666. The summed E-state index contributed by atoms with van der Waals surface area (Å²) in [4.78, 5) is 29.6. The van der Waals surface area contributed by atoms with Crippen molar-refractivity contribution in [1.82, 2.24) is 9.88 Å². The van der Waals surface area contributed by atoms with Crippen molar-refractivity contribution in [2.24, 2.45) is 17.8 Å². The summed E-state index contributed by atoms with van der Waals surface area (Å²) in [5.74, 6) is 2.59. The molecular formula is C19H26N2O2. The minimum Gasteiger partial charge on any atom is -0.335 e. The number of H-pyrrole nitrogens is 1. The second kappa shape index (κ2) is 5.81. The molecule has 0 radical (unpaired) electrons. The second-order valence-corrected chi connectivity index (χ2v) is 7.85. The molecule has 3 fully saturated rings. The summed E-state index contributed by atoms with van der Waals surface area (Å²) in [5.41, 5.74) is 0.850. The molecule has 1 N–H and O–H groups in total. The Kier molecular flexibility index (Phi) is 3.78. The van der Waals surface area contributed by atoms with Gasteiger partial charge in [0.25, 0.3) is 11.5 Å². The summed E-state index contributed by atoms with van der Waals surface area (Å²) in [6.45, 7) is 2.64. The van der Waals surface area contributed by atoms with E-state index in [9.17, 15) is 9.59 Å². The average Bonchev–Trinajstić information content (AvgIpc) is 3.23. The molecule has 1 aliphatic heterocycles. The van der Waals surface area contributed by atoms with E-state index in [1.54, 1.807) is 6.07 Å². The number of aromatic nitrogens is 1. The van der Waals surface area contributed by atoms with Gasteiger partial charge in [0.2, 0.25) is 0 Å². The van der Waals surface area contributed by atoms with E-state index in [-0.39, 0.29) is 11.5 Å². The molecule has 0 aromatic carbocycles. The van der Waals surface area contributed by atoms with Gasteiger partial charge in [-0.25, -0.2) is 0 Å². The van der Waals surface area contributed by atoms with Crippen molar-refractivity contribution < 1.29 is 4.79 Å². The first-order valence-electron chi connectivity index (χ1n) is 9.12. The molecule has 2 aliphatic carbocycles. The van der Waals surface area contributed by atoms with E-state index in [2.05, 4.69) is 4.98 Å². The molecule has 4 rings (SSSR count). The number of carbonyl (C=O) groups excluding carboxylic acids is 1. The van der Waals surface area contributed by atoms with Crippen molar-refractivity contribution in [2.45, 2.75) is 57.9 Å². The summed E-state index contributed by atoms with van der Waals surface area (Å²) < 4.78 is 0. The Hall–Kier alpha value is -1.58. The summed E-state index contributed by atoms with van der Waals surface area (Å²) in [6, 6.07) is 3.84. The zero-order chi connectivity index (χ0) is 16.0. The number of amides is 1. The first kappa shape index (κ1) is 15.0. The Labute approximate surface area is 137 Å². The van der Waals surface area contributed by atoms with Crippen LogP contribution >= 0.6 is 0 Å². The van der Waals surface area contributed by atoms with Crippen LogP contribution in [-0.2, 0) is 0 Å². The number of nitrogens with zero attached hydrogens (tertiary/aromatic N) is 1. The highest BCUT2D eigenvalue weighted by atomic mass is 16.2. The third-order valence-electron chi connectivity index (χ3n) is 6.38. The molecule has 1 aromatic heterocycles. The van der Waals surface area contributed by atoms with Crippen LogP contribution in [0.3, 0.4) is 0 Å². The van der Waals surface area contributed by atoms with Crippen LogP contribution in [-0.4, -0.2) is 28.4 Å². The normalized spacial score (nSPS) is 32.7. The number of likely N-dealkylation sites (tertiary alicyclic amines) is 1. The standard InChI is InChI=1S/C19H26N2O2/c1-12-4-7-17(18(22)20-12)19(23)21-8-2-3-16(21)11-15-10-13-5-6-14(15)9-13/h4,7,13-16H,2-3,5-6,8-11H2,1H3,(H,20,22). The average molecular weight is 314 g/mol. The number of rotatable bonds is 3. The minimum absolute atomic E-state index is 0.0723. The lowest BCUT2D eigenvalue weighted by Gasteiger charge is -2.30. The van der Waals surface area contributed by atoms with E-state index in [0.29, 0.717) is 11.6 Å². The number of hydrogen-bond acceptors (Lipinski definition) is 2. The van der Waals surface area contributed by atoms with Gasteiger partial charge in [0.15, 0.2) is 0 Å². The third kappa shape index (κ3) is 2.73. The molecule has 2 bridgehead atoms. The van der Waals surface area contributed by atoms with Crippen molar-refractivity contribution in [3.63, 3.8) is 0 Å². The smallest absolute Gasteiger partial charge is 0.260 e. The zero-order valence-corrected chi connectivity index (χ0v) is 13.9. The fourth-order valence-corrected chi connectivity index (χ4v) is 5.26. The van der Waals surface area contributed by atoms with Gasteiger partial charge >= 0.3 is 0 Å². The van der Waals surface area contributed by atoms with E-state index in [4.69, 9.17) is 0 Å². The molecule has 4 unspecified atom stereocenters. The van der Waals surface area contributed by atoms with Crippen molar-refractivity contribution in [3.8, 4) is 0 Å². The number of pyridine rings is 1. The lowest BCUT2D eigenvalue weighted by molar-refractivity contribution is 0.0706. The first-order chi connectivity index (χ1) is 11.1. The predicted octanol–water partition coefficient (Wildman–Crippen LogP) is 3.11. The van der Waals surface area contributed by atoms with E-state index in [1.807, 2.05) is 17.9 Å². The molecule has 1 aromatic rings. The fourth-order valence-electron chi connectivity index (χ4n) is 5.26. The van der Waals surface area contributed by atoms with Gasteiger partial charge in [-0.05, 0) is 75.3 Å². The topological polar surface area (TPSA) is 53.2 Å². The van der Waals surface area contributed by atoms with Crippen LogP contribution in [0.1, 0.15) is 61.0 Å². The van der Waals surface area contributed by atoms with Crippen LogP contribution in [0.4, 0.5) is 0 Å². The maximum Gasteiger partial charge on any atom is 0.260 e. The number of hydrogen-bond donors (Lipinski definition) is 1. The van der Waals surface area contributed by atoms with Gasteiger partial charge in [-0.2, -0.15) is 0 Å². The van der Waals surface area contributed by atoms with Crippen LogP contribution in [0.2, 0.25) is 0 Å². The number of aromatic amines is 1. The Morgan fingerprint density at radius 3 is 2.83 bits per heavy atom. The lowest BCUT2D eigenvalue weighted by atomic mass is 9.83. The van der Waals surface area contributed by atoms with E-state index >= 15 is 0 Å². The highest BCUT2D eigenvalue weighted by Crippen LogP contribution is 2.50. The van der Waals surface area contributed by atoms with E-state index in [1.165, 1.54) is 25.7 Å². The fraction of sp³-hybridized carbons (Fsp3) is 0.684. The molecule has 124 valence electrons. The Balaban J connectivity index is 1.49. The molecule has 4 heteroatoms. The second-order valence-electron chi connectivity index (χ2n) is 7.85. The van der Waals surface area contributed by atoms with Gasteiger partial charge in [0.1, 0.15) is 5.56 Å². The molecule has 4 nitrogen and oxygen atoms in total. The van der Waals surface area contributed by atoms with Gasteiger partial charge < -0.3 is 9.88 Å². The van der Waals surface area contributed by atoms with Gasteiger partial charge in [0, 0.05) is 18.3 Å². The number of aryl methyl sites for hydroxylation is 1. The molecule has 1 saturated heterocycles. The molecular weight excluding hydrogens is 288 g/mol. The monoisotopic (exact) mass is 314 g/mol. The first-order valence-corrected chi connectivity index (χ1v) is 9.12. The molecule has 23 heavy (non-hydrogen) atoms. The SMILES string of the molecule is Cc1ccc(C(=O)N2CCCC2CC2CC3CCC2C3)c(=O)[nH]1. The van der Waals surface area contributed by atoms with Crippen molar-refractivity contribution in [2.75, 3.05) is 6.54 Å². The predicted molar refractivity (Wildman–Crippen MR) is 89.4 cm³/mol. The third-order valence-corrected chi connectivity index (χ3v) is 6.38. The molecule has 1 amide bonds. The highest BCUT2D eigenvalue weighted by Gasteiger charge is 2.42. The minimum atomic E-state index is -0.249. The maximum absolute atomic E-state index is 12.8. The Morgan fingerprint density at radius 1 is 1.26 bits per heavy atom. The summed E-state index contributed by atoms with van der Waals surface area (Å²) in [6.07, 6.45) is 8.93. The van der Waals surface area contributed by atoms with Crippen LogP contribution in [0.15, 0.2) is 16.9 Å². The summed E-state index contributed by atoms with van der Waals surface area (Å²) in [7, 11) is 0. The molecule has 0 spiro atoms. The Morgan fingerprint density at radius 2 is 2.13 bits per heavy atom. The largest absolute Gasteiger partial charge is 0.335 e. The molecule has 2 saturated carbocycles. The summed E-state index contributed by atoms with van der Waals surface area (Å²) in [5, 5.41) is 0. The van der Waals surface area contributed by atoms with Crippen LogP contribution < -0.4 is 5.56 Å². The van der Waals surface area contributed by atoms with Crippen molar-refractivity contribution >= 4 is 5.91 Å². The van der Waals surface area contributed by atoms with Crippen LogP contribution in [0.25, 0.3) is 0 Å². The number of fused-ring (bicyclic) bond motifs is 2. The maximum atomic E-state index is 12.8. The van der Waals surface area contributed by atoms with Crippen molar-refractivity contribution in [3.05, 3.63) is 33.7 Å². The lowest BCUT2D eigenvalue weighted by Crippen LogP contribution is -2.39. The quantitative estimate of drug-likeness (QED) is 0.932. The van der Waals surface area contributed by atoms with Gasteiger partial charge in [-0.3, -0.25) is 9.59 Å². The zero-order valence-electron chi connectivity index (χ0n) is 13.9. The van der Waals surface area contributed by atoms with Crippen LogP contribution in [0, 0.1) is 24.7 Å². The van der Waals surface area contributed by atoms with Gasteiger partial charge in [0.05, 0.1) is 0 Å². The number of carbonyl (C=O) groups is 1. The van der Waals surface area contributed by atoms with E-state index < -0.39 is 0 Å².